The van der Waals surface area contributed by atoms with E-state index in [-0.39, 0.29) is 15.7 Å². The number of carbonyl (C=O) groups is 1. The fraction of sp³-hybridized carbons (Fsp3) is 0.0714. The van der Waals surface area contributed by atoms with Gasteiger partial charge in [-0.2, -0.15) is 0 Å². The number of benzene rings is 2. The second-order valence-electron chi connectivity index (χ2n) is 4.20. The van der Waals surface area contributed by atoms with E-state index in [0.717, 1.165) is 12.1 Å². The molecule has 0 unspecified atom stereocenters. The van der Waals surface area contributed by atoms with Crippen LogP contribution in [0.1, 0.15) is 10.4 Å². The third kappa shape index (κ3) is 3.49. The molecule has 0 spiro atoms. The highest BCUT2D eigenvalue weighted by Gasteiger charge is 2.13. The molecule has 2 aromatic carbocycles. The van der Waals surface area contributed by atoms with Gasteiger partial charge in [0.2, 0.25) is 0 Å². The Morgan fingerprint density at radius 2 is 1.90 bits per heavy atom. The maximum absolute atomic E-state index is 13.7. The molecule has 1 amide bonds. The molecule has 0 radical (unpaired) electrons. The van der Waals surface area contributed by atoms with E-state index >= 15 is 0 Å². The van der Waals surface area contributed by atoms with Gasteiger partial charge >= 0.3 is 0 Å². The van der Waals surface area contributed by atoms with Gasteiger partial charge < -0.3 is 15.8 Å². The molecule has 21 heavy (non-hydrogen) atoms. The Hall–Kier alpha value is -2.15. The van der Waals surface area contributed by atoms with Crippen LogP contribution in [0.5, 0.6) is 5.75 Å². The molecule has 0 aliphatic rings. The van der Waals surface area contributed by atoms with Crippen LogP contribution in [0.15, 0.2) is 34.8 Å². The molecule has 0 aliphatic heterocycles. The van der Waals surface area contributed by atoms with Crippen LogP contribution in [-0.2, 0) is 0 Å². The molecular weight excluding hydrogens is 346 g/mol. The number of nitrogens with one attached hydrogen (secondary N) is 1. The van der Waals surface area contributed by atoms with Crippen LogP contribution in [0.3, 0.4) is 0 Å². The molecule has 0 aromatic heterocycles. The summed E-state index contributed by atoms with van der Waals surface area (Å²) in [5.74, 6) is -1.67. The number of amides is 1. The molecule has 0 atom stereocenters. The van der Waals surface area contributed by atoms with Crippen LogP contribution >= 0.6 is 15.9 Å². The largest absolute Gasteiger partial charge is 0.497 e. The smallest absolute Gasteiger partial charge is 0.255 e. The summed E-state index contributed by atoms with van der Waals surface area (Å²) in [5.41, 5.74) is 5.87. The molecule has 0 fully saturated rings. The number of ether oxygens (including phenoxy) is 1. The van der Waals surface area contributed by atoms with Crippen LogP contribution in [-0.4, -0.2) is 13.0 Å². The Labute approximate surface area is 128 Å². The van der Waals surface area contributed by atoms with E-state index in [4.69, 9.17) is 10.5 Å². The molecule has 7 heteroatoms. The summed E-state index contributed by atoms with van der Waals surface area (Å²) in [6.07, 6.45) is 0. The van der Waals surface area contributed by atoms with E-state index < -0.39 is 17.5 Å². The summed E-state index contributed by atoms with van der Waals surface area (Å²) >= 11 is 2.86. The van der Waals surface area contributed by atoms with Crippen LogP contribution < -0.4 is 15.8 Å². The standard InChI is InChI=1S/C14H11BrF2N2O2/c1-21-9-3-7(2-8(18)4-9)14(20)19-13-6-11(16)10(15)5-12(13)17/h2-6H,18H2,1H3,(H,19,20). The Kier molecular flexibility index (Phi) is 4.42. The Bertz CT molecular complexity index is 708. The first kappa shape index (κ1) is 15.2. The van der Waals surface area contributed by atoms with Gasteiger partial charge in [-0.3, -0.25) is 4.79 Å². The third-order valence-electron chi connectivity index (χ3n) is 2.68. The van der Waals surface area contributed by atoms with Crippen molar-refractivity contribution in [1.29, 1.82) is 0 Å². The van der Waals surface area contributed by atoms with Crippen molar-refractivity contribution in [2.24, 2.45) is 0 Å². The van der Waals surface area contributed by atoms with Gasteiger partial charge in [0.25, 0.3) is 5.91 Å². The molecule has 3 N–H and O–H groups in total. The molecule has 0 bridgehead atoms. The maximum Gasteiger partial charge on any atom is 0.255 e. The van der Waals surface area contributed by atoms with Crippen LogP contribution in [0.2, 0.25) is 0 Å². The lowest BCUT2D eigenvalue weighted by molar-refractivity contribution is 0.102. The molecule has 4 nitrogen and oxygen atoms in total. The second-order valence-corrected chi connectivity index (χ2v) is 5.05. The van der Waals surface area contributed by atoms with E-state index in [1.807, 2.05) is 0 Å². The quantitative estimate of drug-likeness (QED) is 0.652. The Morgan fingerprint density at radius 3 is 2.57 bits per heavy atom. The van der Waals surface area contributed by atoms with E-state index in [1.165, 1.54) is 25.3 Å². The van der Waals surface area contributed by atoms with Crippen LogP contribution in [0.4, 0.5) is 20.2 Å². The first-order chi connectivity index (χ1) is 9.90. The maximum atomic E-state index is 13.7. The Balaban J connectivity index is 2.30. The minimum absolute atomic E-state index is 0.0244. The van der Waals surface area contributed by atoms with Gasteiger partial charge in [0, 0.05) is 23.4 Å². The third-order valence-corrected chi connectivity index (χ3v) is 3.29. The van der Waals surface area contributed by atoms with Gasteiger partial charge in [0.15, 0.2) is 0 Å². The highest BCUT2D eigenvalue weighted by atomic mass is 79.9. The fourth-order valence-corrected chi connectivity index (χ4v) is 2.00. The average molecular weight is 357 g/mol. The monoisotopic (exact) mass is 356 g/mol. The highest BCUT2D eigenvalue weighted by Crippen LogP contribution is 2.25. The van der Waals surface area contributed by atoms with E-state index in [0.29, 0.717) is 11.4 Å². The van der Waals surface area contributed by atoms with Crippen LogP contribution in [0, 0.1) is 11.6 Å². The minimum atomic E-state index is -0.757. The zero-order valence-corrected chi connectivity index (χ0v) is 12.5. The van der Waals surface area contributed by atoms with Crippen molar-refractivity contribution in [3.8, 4) is 5.75 Å². The normalized spacial score (nSPS) is 10.3. The summed E-state index contributed by atoms with van der Waals surface area (Å²) in [7, 11) is 1.43. The first-order valence-electron chi connectivity index (χ1n) is 5.81. The SMILES string of the molecule is COc1cc(N)cc(C(=O)Nc2cc(F)c(Br)cc2F)c1. The molecule has 2 aromatic rings. The summed E-state index contributed by atoms with van der Waals surface area (Å²) in [5, 5.41) is 2.29. The number of methoxy groups -OCH3 is 1. The van der Waals surface area contributed by atoms with Crippen molar-refractivity contribution in [3.05, 3.63) is 52.0 Å². The highest BCUT2D eigenvalue weighted by molar-refractivity contribution is 9.10. The molecule has 0 saturated carbocycles. The number of anilines is 2. The van der Waals surface area contributed by atoms with Crippen molar-refractivity contribution in [2.45, 2.75) is 0 Å². The lowest BCUT2D eigenvalue weighted by Gasteiger charge is -2.09. The summed E-state index contributed by atoms with van der Waals surface area (Å²) in [6, 6.07) is 6.21. The van der Waals surface area contributed by atoms with E-state index in [1.54, 1.807) is 0 Å². The van der Waals surface area contributed by atoms with Gasteiger partial charge in [0.1, 0.15) is 17.4 Å². The number of nitrogen functional groups attached to an aromatic ring is 1. The van der Waals surface area contributed by atoms with Crippen molar-refractivity contribution in [3.63, 3.8) is 0 Å². The van der Waals surface area contributed by atoms with Crippen molar-refractivity contribution < 1.29 is 18.3 Å². The van der Waals surface area contributed by atoms with Gasteiger partial charge in [-0.15, -0.1) is 0 Å². The number of nitrogens with two attached hydrogens (primary N) is 1. The number of halogens is 3. The van der Waals surface area contributed by atoms with E-state index in [9.17, 15) is 13.6 Å². The van der Waals surface area contributed by atoms with Gasteiger partial charge in [0.05, 0.1) is 17.3 Å². The lowest BCUT2D eigenvalue weighted by Crippen LogP contribution is -2.14. The van der Waals surface area contributed by atoms with Crippen molar-refractivity contribution in [2.75, 3.05) is 18.2 Å². The topological polar surface area (TPSA) is 64.3 Å². The van der Waals surface area contributed by atoms with Gasteiger partial charge in [-0.05, 0) is 34.1 Å². The predicted molar refractivity (Wildman–Crippen MR) is 79.4 cm³/mol. The molecular formula is C14H11BrF2N2O2. The number of carbonyl (C=O) groups excluding carboxylic acids is 1. The molecule has 0 heterocycles. The fourth-order valence-electron chi connectivity index (χ4n) is 1.68. The zero-order chi connectivity index (χ0) is 15.6. The number of hydrogen-bond acceptors (Lipinski definition) is 3. The van der Waals surface area contributed by atoms with Crippen molar-refractivity contribution in [1.82, 2.24) is 0 Å². The van der Waals surface area contributed by atoms with Crippen LogP contribution in [0.25, 0.3) is 0 Å². The predicted octanol–water partition coefficient (Wildman–Crippen LogP) is 3.57. The number of hydrogen-bond donors (Lipinski definition) is 2. The minimum Gasteiger partial charge on any atom is -0.497 e. The number of rotatable bonds is 3. The zero-order valence-electron chi connectivity index (χ0n) is 10.9. The average Bonchev–Trinajstić information content (AvgIpc) is 2.43. The summed E-state index contributed by atoms with van der Waals surface area (Å²) in [6.45, 7) is 0. The second kappa shape index (κ2) is 6.09. The van der Waals surface area contributed by atoms with Crippen molar-refractivity contribution >= 4 is 33.2 Å². The molecule has 2 rings (SSSR count). The Morgan fingerprint density at radius 1 is 1.19 bits per heavy atom. The van der Waals surface area contributed by atoms with E-state index in [2.05, 4.69) is 21.2 Å². The van der Waals surface area contributed by atoms with Gasteiger partial charge in [-0.25, -0.2) is 8.78 Å². The molecule has 0 aliphatic carbocycles. The van der Waals surface area contributed by atoms with Gasteiger partial charge in [-0.1, -0.05) is 0 Å². The summed E-state index contributed by atoms with van der Waals surface area (Å²) < 4.78 is 32.0. The lowest BCUT2D eigenvalue weighted by atomic mass is 10.1. The first-order valence-corrected chi connectivity index (χ1v) is 6.60. The molecule has 0 saturated heterocycles. The summed E-state index contributed by atoms with van der Waals surface area (Å²) in [4.78, 5) is 12.1. The molecule has 110 valence electrons.